The van der Waals surface area contributed by atoms with Gasteiger partial charge in [0.05, 0.1) is 6.61 Å². The second-order valence-electron chi connectivity index (χ2n) is 7.75. The minimum Gasteiger partial charge on any atom is -0.465 e. The Labute approximate surface area is 154 Å². The molecule has 138 valence electrons. The van der Waals surface area contributed by atoms with E-state index in [1.54, 1.807) is 19.3 Å². The molecule has 26 heavy (non-hydrogen) atoms. The van der Waals surface area contributed by atoms with Gasteiger partial charge in [0.25, 0.3) is 0 Å². The molecule has 5 heteroatoms. The van der Waals surface area contributed by atoms with Gasteiger partial charge in [0, 0.05) is 41.7 Å². The number of nitrogens with zero attached hydrogens (tertiary/aromatic N) is 2. The molecule has 0 N–H and O–H groups in total. The van der Waals surface area contributed by atoms with E-state index in [0.717, 1.165) is 23.4 Å². The van der Waals surface area contributed by atoms with Crippen LogP contribution >= 0.6 is 0 Å². The van der Waals surface area contributed by atoms with E-state index in [1.165, 1.54) is 0 Å². The Hall–Kier alpha value is -2.30. The van der Waals surface area contributed by atoms with Crippen molar-refractivity contribution in [1.29, 1.82) is 0 Å². The van der Waals surface area contributed by atoms with Gasteiger partial charge in [-0.05, 0) is 42.9 Å². The molecule has 1 aromatic rings. The van der Waals surface area contributed by atoms with Crippen molar-refractivity contribution in [1.82, 2.24) is 4.98 Å². The first-order valence-corrected chi connectivity index (χ1v) is 9.28. The van der Waals surface area contributed by atoms with Crippen molar-refractivity contribution in [3.63, 3.8) is 0 Å². The summed E-state index contributed by atoms with van der Waals surface area (Å²) in [5, 5.41) is 0. The van der Waals surface area contributed by atoms with Gasteiger partial charge in [-0.1, -0.05) is 20.8 Å². The lowest BCUT2D eigenvalue weighted by molar-refractivity contribution is -0.146. The smallest absolute Gasteiger partial charge is 0.315 e. The average molecular weight is 354 g/mol. The zero-order valence-electron chi connectivity index (χ0n) is 15.9. The van der Waals surface area contributed by atoms with E-state index in [9.17, 15) is 9.59 Å². The molecular weight excluding hydrogens is 328 g/mol. The largest absolute Gasteiger partial charge is 0.465 e. The summed E-state index contributed by atoms with van der Waals surface area (Å²) in [4.78, 5) is 34.7. The Kier molecular flexibility index (Phi) is 5.08. The molecule has 5 nitrogen and oxygen atoms in total. The summed E-state index contributed by atoms with van der Waals surface area (Å²) in [5.41, 5.74) is 3.13. The SMILES string of the molecule is CCOC(=O)C1C(CC)=NC2=C(C(=O)CC(C)(C)C2)[C@@H]1c1ccncc1. The first-order valence-electron chi connectivity index (χ1n) is 9.28. The molecule has 0 spiro atoms. The highest BCUT2D eigenvalue weighted by atomic mass is 16.5. The zero-order valence-corrected chi connectivity index (χ0v) is 15.9. The minimum absolute atomic E-state index is 0.0891. The molecule has 0 saturated heterocycles. The molecule has 0 fully saturated rings. The Balaban J connectivity index is 2.18. The van der Waals surface area contributed by atoms with Crippen LogP contribution in [0.25, 0.3) is 0 Å². The van der Waals surface area contributed by atoms with Crippen LogP contribution in [0.4, 0.5) is 0 Å². The van der Waals surface area contributed by atoms with Crippen LogP contribution in [0.5, 0.6) is 0 Å². The molecule has 2 heterocycles. The quantitative estimate of drug-likeness (QED) is 0.770. The summed E-state index contributed by atoms with van der Waals surface area (Å²) in [6.45, 7) is 8.28. The lowest BCUT2D eigenvalue weighted by Crippen LogP contribution is -2.40. The van der Waals surface area contributed by atoms with Gasteiger partial charge in [-0.3, -0.25) is 19.6 Å². The van der Waals surface area contributed by atoms with E-state index in [0.29, 0.717) is 25.0 Å². The highest BCUT2D eigenvalue weighted by Gasteiger charge is 2.46. The fourth-order valence-corrected chi connectivity index (χ4v) is 4.09. The maximum absolute atomic E-state index is 13.1. The van der Waals surface area contributed by atoms with Crippen molar-refractivity contribution in [2.24, 2.45) is 16.3 Å². The van der Waals surface area contributed by atoms with Gasteiger partial charge in [-0.15, -0.1) is 0 Å². The second kappa shape index (κ2) is 7.14. The topological polar surface area (TPSA) is 68.6 Å². The van der Waals surface area contributed by atoms with Crippen LogP contribution in [0.1, 0.15) is 58.4 Å². The zero-order chi connectivity index (χ0) is 18.9. The third-order valence-corrected chi connectivity index (χ3v) is 5.15. The van der Waals surface area contributed by atoms with Crippen LogP contribution in [-0.2, 0) is 14.3 Å². The molecular formula is C21H26N2O3. The summed E-state index contributed by atoms with van der Waals surface area (Å²) in [7, 11) is 0. The molecule has 0 bridgehead atoms. The summed E-state index contributed by atoms with van der Waals surface area (Å²) in [5.74, 6) is -1.11. The fraction of sp³-hybridized carbons (Fsp3) is 0.524. The van der Waals surface area contributed by atoms with Crippen LogP contribution in [0.15, 0.2) is 40.8 Å². The number of ketones is 1. The molecule has 3 rings (SSSR count). The number of pyridine rings is 1. The minimum atomic E-state index is -0.550. The first kappa shape index (κ1) is 18.5. The summed E-state index contributed by atoms with van der Waals surface area (Å²) < 4.78 is 5.35. The van der Waals surface area contributed by atoms with Gasteiger partial charge in [0.15, 0.2) is 5.78 Å². The Morgan fingerprint density at radius 3 is 2.54 bits per heavy atom. The molecule has 0 saturated carbocycles. The van der Waals surface area contributed by atoms with E-state index in [2.05, 4.69) is 18.8 Å². The standard InChI is InChI=1S/C21H26N2O3/c1-5-14-19(20(25)26-6-2)17(13-7-9-22-10-8-13)18-15(23-14)11-21(3,4)12-16(18)24/h7-10,17,19H,5-6,11-12H2,1-4H3/t17-,19?/m0/s1. The number of Topliss-reactive ketones (excluding diaryl/α,β-unsaturated/α-hetero) is 1. The van der Waals surface area contributed by atoms with E-state index in [4.69, 9.17) is 9.73 Å². The summed E-state index contributed by atoms with van der Waals surface area (Å²) >= 11 is 0. The maximum atomic E-state index is 13.1. The molecule has 1 aromatic heterocycles. The maximum Gasteiger partial charge on any atom is 0.315 e. The van der Waals surface area contributed by atoms with Gasteiger partial charge < -0.3 is 4.74 Å². The first-order chi connectivity index (χ1) is 12.4. The Morgan fingerprint density at radius 1 is 1.23 bits per heavy atom. The average Bonchev–Trinajstić information content (AvgIpc) is 2.59. The van der Waals surface area contributed by atoms with E-state index in [-0.39, 0.29) is 23.1 Å². The summed E-state index contributed by atoms with van der Waals surface area (Å²) in [6.07, 6.45) is 5.27. The Morgan fingerprint density at radius 2 is 1.92 bits per heavy atom. The van der Waals surface area contributed by atoms with Crippen molar-refractivity contribution in [2.75, 3.05) is 6.61 Å². The molecule has 2 atom stereocenters. The van der Waals surface area contributed by atoms with Crippen LogP contribution in [-0.4, -0.2) is 29.1 Å². The highest BCUT2D eigenvalue weighted by Crippen LogP contribution is 2.48. The number of aliphatic imine (C=N–C) groups is 1. The van der Waals surface area contributed by atoms with E-state index >= 15 is 0 Å². The van der Waals surface area contributed by atoms with E-state index in [1.807, 2.05) is 19.1 Å². The Bertz CT molecular complexity index is 778. The lowest BCUT2D eigenvalue weighted by Gasteiger charge is -2.39. The number of rotatable bonds is 4. The summed E-state index contributed by atoms with van der Waals surface area (Å²) in [6, 6.07) is 3.76. The molecule has 1 unspecified atom stereocenters. The van der Waals surface area contributed by atoms with Gasteiger partial charge in [-0.25, -0.2) is 0 Å². The van der Waals surface area contributed by atoms with Crippen molar-refractivity contribution >= 4 is 17.5 Å². The molecule has 1 aliphatic carbocycles. The van der Waals surface area contributed by atoms with Crippen molar-refractivity contribution in [2.45, 2.75) is 52.9 Å². The number of ether oxygens (including phenoxy) is 1. The fourth-order valence-electron chi connectivity index (χ4n) is 4.09. The molecule has 0 radical (unpaired) electrons. The molecule has 2 aliphatic rings. The number of allylic oxidation sites excluding steroid dienone is 2. The van der Waals surface area contributed by atoms with Gasteiger partial charge in [-0.2, -0.15) is 0 Å². The second-order valence-corrected chi connectivity index (χ2v) is 7.75. The van der Waals surface area contributed by atoms with E-state index < -0.39 is 5.92 Å². The third-order valence-electron chi connectivity index (χ3n) is 5.15. The number of aromatic nitrogens is 1. The van der Waals surface area contributed by atoms with Crippen molar-refractivity contribution in [3.05, 3.63) is 41.4 Å². The van der Waals surface area contributed by atoms with Crippen LogP contribution < -0.4 is 0 Å². The number of hydrogen-bond donors (Lipinski definition) is 0. The molecule has 0 aromatic carbocycles. The van der Waals surface area contributed by atoms with Gasteiger partial charge >= 0.3 is 5.97 Å². The number of carbonyl (C=O) groups is 2. The lowest BCUT2D eigenvalue weighted by atomic mass is 9.66. The molecule has 0 amide bonds. The predicted molar refractivity (Wildman–Crippen MR) is 99.9 cm³/mol. The normalized spacial score (nSPS) is 24.8. The van der Waals surface area contributed by atoms with Crippen molar-refractivity contribution in [3.8, 4) is 0 Å². The molecule has 1 aliphatic heterocycles. The predicted octanol–water partition coefficient (Wildman–Crippen LogP) is 3.85. The van der Waals surface area contributed by atoms with Crippen LogP contribution in [0.3, 0.4) is 0 Å². The van der Waals surface area contributed by atoms with Crippen LogP contribution in [0, 0.1) is 11.3 Å². The number of carbonyl (C=O) groups excluding carboxylic acids is 2. The number of esters is 1. The van der Waals surface area contributed by atoms with Crippen molar-refractivity contribution < 1.29 is 14.3 Å². The van der Waals surface area contributed by atoms with Crippen LogP contribution in [0.2, 0.25) is 0 Å². The van der Waals surface area contributed by atoms with Gasteiger partial charge in [0.1, 0.15) is 5.92 Å². The number of hydrogen-bond acceptors (Lipinski definition) is 5. The highest BCUT2D eigenvalue weighted by molar-refractivity contribution is 6.09. The monoisotopic (exact) mass is 354 g/mol. The third kappa shape index (κ3) is 3.35. The van der Waals surface area contributed by atoms with Gasteiger partial charge in [0.2, 0.25) is 0 Å².